The molecule has 1 aliphatic rings. The number of rotatable bonds is 5. The smallest absolute Gasteiger partial charge is 0.341 e. The number of esters is 1. The Balaban J connectivity index is 1.92. The van der Waals surface area contributed by atoms with Crippen LogP contribution in [0.1, 0.15) is 43.0 Å². The Morgan fingerprint density at radius 2 is 2.39 bits per heavy atom. The van der Waals surface area contributed by atoms with Gasteiger partial charge in [-0.25, -0.2) is 9.78 Å². The van der Waals surface area contributed by atoms with Crippen LogP contribution >= 0.6 is 0 Å². The molecule has 2 heterocycles. The molecule has 0 spiro atoms. The monoisotopic (exact) mass is 317 g/mol. The summed E-state index contributed by atoms with van der Waals surface area (Å²) in [5, 5.41) is 13.8. The van der Waals surface area contributed by atoms with Crippen LogP contribution in [0.5, 0.6) is 0 Å². The molecule has 2 unspecified atom stereocenters. The molecule has 1 aliphatic carbocycles. The van der Waals surface area contributed by atoms with Gasteiger partial charge in [-0.2, -0.15) is 0 Å². The highest BCUT2D eigenvalue weighted by Crippen LogP contribution is 2.31. The molecule has 0 saturated heterocycles. The number of aromatic nitrogens is 2. The fourth-order valence-corrected chi connectivity index (χ4v) is 3.32. The molecule has 124 valence electrons. The van der Waals surface area contributed by atoms with Crippen LogP contribution in [0.15, 0.2) is 18.5 Å². The Morgan fingerprint density at radius 3 is 3.17 bits per heavy atom. The summed E-state index contributed by atoms with van der Waals surface area (Å²) in [4.78, 5) is 19.6. The lowest BCUT2D eigenvalue weighted by molar-refractivity contribution is 0.0527. The highest BCUT2D eigenvalue weighted by molar-refractivity contribution is 6.04. The van der Waals surface area contributed by atoms with Gasteiger partial charge in [-0.1, -0.05) is 6.42 Å². The van der Waals surface area contributed by atoms with E-state index in [0.717, 1.165) is 42.4 Å². The predicted molar refractivity (Wildman–Crippen MR) is 88.5 cm³/mol. The number of carbonyl (C=O) groups is 1. The molecule has 0 amide bonds. The lowest BCUT2D eigenvalue weighted by Crippen LogP contribution is -2.29. The van der Waals surface area contributed by atoms with Crippen molar-refractivity contribution in [3.8, 4) is 0 Å². The molecule has 0 radical (unpaired) electrons. The number of hydrogen-bond donors (Lipinski definition) is 3. The van der Waals surface area contributed by atoms with Crippen molar-refractivity contribution in [1.29, 1.82) is 0 Å². The summed E-state index contributed by atoms with van der Waals surface area (Å²) in [6.07, 6.45) is 7.47. The van der Waals surface area contributed by atoms with E-state index in [0.29, 0.717) is 18.1 Å². The number of H-pyrrole nitrogens is 1. The molecule has 1 fully saturated rings. The van der Waals surface area contributed by atoms with Crippen molar-refractivity contribution < 1.29 is 14.6 Å². The molecular formula is C17H23N3O3. The molecule has 1 saturated carbocycles. The molecule has 0 bridgehead atoms. The molecule has 23 heavy (non-hydrogen) atoms. The number of carbonyl (C=O) groups excluding carboxylic acids is 1. The third kappa shape index (κ3) is 3.32. The number of nitrogens with one attached hydrogen (secondary N) is 2. The van der Waals surface area contributed by atoms with Gasteiger partial charge in [-0.05, 0) is 38.2 Å². The SMILES string of the molecule is CCOC(=O)c1cnc2[nH]ccc2c1NC1CCCC(CO)C1. The summed E-state index contributed by atoms with van der Waals surface area (Å²) in [5.74, 6) is -0.0315. The van der Waals surface area contributed by atoms with E-state index in [2.05, 4.69) is 15.3 Å². The van der Waals surface area contributed by atoms with Gasteiger partial charge in [-0.3, -0.25) is 0 Å². The van der Waals surface area contributed by atoms with Gasteiger partial charge in [0.05, 0.1) is 12.3 Å². The fraction of sp³-hybridized carbons (Fsp3) is 0.529. The van der Waals surface area contributed by atoms with Gasteiger partial charge < -0.3 is 20.1 Å². The normalized spacial score (nSPS) is 21.3. The van der Waals surface area contributed by atoms with Crippen LogP contribution in [-0.4, -0.2) is 40.3 Å². The first-order valence-electron chi connectivity index (χ1n) is 8.23. The van der Waals surface area contributed by atoms with E-state index in [1.54, 1.807) is 13.1 Å². The van der Waals surface area contributed by atoms with E-state index in [9.17, 15) is 9.90 Å². The van der Waals surface area contributed by atoms with Crippen molar-refractivity contribution >= 4 is 22.7 Å². The number of aliphatic hydroxyl groups is 1. The average molecular weight is 317 g/mol. The van der Waals surface area contributed by atoms with Gasteiger partial charge in [0.2, 0.25) is 0 Å². The number of aliphatic hydroxyl groups excluding tert-OH is 1. The van der Waals surface area contributed by atoms with Crippen molar-refractivity contribution in [1.82, 2.24) is 9.97 Å². The first kappa shape index (κ1) is 15.8. The van der Waals surface area contributed by atoms with E-state index >= 15 is 0 Å². The Bertz CT molecular complexity index is 683. The topological polar surface area (TPSA) is 87.2 Å². The summed E-state index contributed by atoms with van der Waals surface area (Å²) in [5.41, 5.74) is 1.98. The van der Waals surface area contributed by atoms with E-state index < -0.39 is 0 Å². The van der Waals surface area contributed by atoms with Crippen molar-refractivity contribution in [3.63, 3.8) is 0 Å². The lowest BCUT2D eigenvalue weighted by Gasteiger charge is -2.30. The number of hydrogen-bond acceptors (Lipinski definition) is 5. The zero-order valence-corrected chi connectivity index (χ0v) is 13.3. The van der Waals surface area contributed by atoms with Crippen LogP contribution in [0, 0.1) is 5.92 Å². The maximum absolute atomic E-state index is 12.2. The minimum atomic E-state index is -0.361. The molecule has 0 aliphatic heterocycles. The van der Waals surface area contributed by atoms with Crippen molar-refractivity contribution in [3.05, 3.63) is 24.0 Å². The highest BCUT2D eigenvalue weighted by atomic mass is 16.5. The summed E-state index contributed by atoms with van der Waals surface area (Å²) in [7, 11) is 0. The lowest BCUT2D eigenvalue weighted by atomic mass is 9.86. The van der Waals surface area contributed by atoms with E-state index in [1.165, 1.54) is 0 Å². The van der Waals surface area contributed by atoms with E-state index in [1.807, 2.05) is 12.3 Å². The quantitative estimate of drug-likeness (QED) is 0.738. The minimum Gasteiger partial charge on any atom is -0.462 e. The minimum absolute atomic E-state index is 0.221. The van der Waals surface area contributed by atoms with Gasteiger partial charge in [0.25, 0.3) is 0 Å². The largest absolute Gasteiger partial charge is 0.462 e. The second-order valence-corrected chi connectivity index (χ2v) is 6.06. The van der Waals surface area contributed by atoms with Gasteiger partial charge in [0, 0.05) is 30.4 Å². The number of fused-ring (bicyclic) bond motifs is 1. The van der Waals surface area contributed by atoms with Gasteiger partial charge in [0.1, 0.15) is 11.2 Å². The number of nitrogens with zero attached hydrogens (tertiary/aromatic N) is 1. The third-order valence-electron chi connectivity index (χ3n) is 4.47. The molecule has 2 aromatic heterocycles. The first-order chi connectivity index (χ1) is 11.2. The Hall–Kier alpha value is -2.08. The number of pyridine rings is 1. The van der Waals surface area contributed by atoms with E-state index in [-0.39, 0.29) is 18.6 Å². The highest BCUT2D eigenvalue weighted by Gasteiger charge is 2.24. The van der Waals surface area contributed by atoms with Crippen LogP contribution < -0.4 is 5.32 Å². The molecule has 6 nitrogen and oxygen atoms in total. The summed E-state index contributed by atoms with van der Waals surface area (Å²) < 4.78 is 5.16. The number of ether oxygens (including phenoxy) is 1. The average Bonchev–Trinajstić information content (AvgIpc) is 3.04. The summed E-state index contributed by atoms with van der Waals surface area (Å²) in [6.45, 7) is 2.35. The summed E-state index contributed by atoms with van der Waals surface area (Å²) in [6, 6.07) is 2.16. The number of anilines is 1. The zero-order valence-electron chi connectivity index (χ0n) is 13.3. The molecule has 6 heteroatoms. The van der Waals surface area contributed by atoms with E-state index in [4.69, 9.17) is 4.74 Å². The Labute approximate surface area is 135 Å². The molecular weight excluding hydrogens is 294 g/mol. The van der Waals surface area contributed by atoms with Crippen LogP contribution in [0.4, 0.5) is 5.69 Å². The Morgan fingerprint density at radius 1 is 1.52 bits per heavy atom. The van der Waals surface area contributed by atoms with Crippen molar-refractivity contribution in [2.75, 3.05) is 18.5 Å². The molecule has 2 atom stereocenters. The van der Waals surface area contributed by atoms with Crippen LogP contribution in [0.25, 0.3) is 11.0 Å². The maximum Gasteiger partial charge on any atom is 0.341 e. The van der Waals surface area contributed by atoms with Crippen LogP contribution in [0.2, 0.25) is 0 Å². The molecule has 3 N–H and O–H groups in total. The standard InChI is InChI=1S/C17H23N3O3/c1-2-23-17(22)14-9-19-16-13(6-7-18-16)15(14)20-12-5-3-4-11(8-12)10-21/h6-7,9,11-12,21H,2-5,8,10H2,1H3,(H2,18,19,20). The Kier molecular flexibility index (Phi) is 4.81. The maximum atomic E-state index is 12.2. The second-order valence-electron chi connectivity index (χ2n) is 6.06. The zero-order chi connectivity index (χ0) is 16.2. The van der Waals surface area contributed by atoms with Gasteiger partial charge in [0.15, 0.2) is 0 Å². The molecule has 2 aromatic rings. The molecule has 0 aromatic carbocycles. The van der Waals surface area contributed by atoms with Crippen LogP contribution in [0.3, 0.4) is 0 Å². The fourth-order valence-electron chi connectivity index (χ4n) is 3.32. The van der Waals surface area contributed by atoms with Crippen molar-refractivity contribution in [2.24, 2.45) is 5.92 Å². The number of aromatic amines is 1. The predicted octanol–water partition coefficient (Wildman–Crippen LogP) is 2.70. The van der Waals surface area contributed by atoms with Gasteiger partial charge >= 0.3 is 5.97 Å². The summed E-state index contributed by atoms with van der Waals surface area (Å²) >= 11 is 0. The van der Waals surface area contributed by atoms with Crippen molar-refractivity contribution in [2.45, 2.75) is 38.6 Å². The second kappa shape index (κ2) is 7.00. The molecule has 3 rings (SSSR count). The third-order valence-corrected chi connectivity index (χ3v) is 4.47. The van der Waals surface area contributed by atoms with Crippen LogP contribution in [-0.2, 0) is 4.74 Å². The van der Waals surface area contributed by atoms with Gasteiger partial charge in [-0.15, -0.1) is 0 Å². The first-order valence-corrected chi connectivity index (χ1v) is 8.23.